The first-order valence-corrected chi connectivity index (χ1v) is 7.07. The summed E-state index contributed by atoms with van der Waals surface area (Å²) in [6.45, 7) is 1.47. The van der Waals surface area contributed by atoms with Crippen molar-refractivity contribution in [3.05, 3.63) is 53.6 Å². The highest BCUT2D eigenvalue weighted by molar-refractivity contribution is 6.31. The van der Waals surface area contributed by atoms with Crippen molar-refractivity contribution in [1.82, 2.24) is 9.71 Å². The number of hydrogen-bond donors (Lipinski definition) is 1. The molecule has 0 aliphatic rings. The molecule has 6 heteroatoms. The predicted molar refractivity (Wildman–Crippen MR) is 83.9 cm³/mol. The van der Waals surface area contributed by atoms with Crippen molar-refractivity contribution in [2.75, 3.05) is 0 Å². The molecule has 1 heterocycles. The SMILES string of the molecule is C[C@@H](On1c(-c2ccccc2)nc2ccc(Cl)cc21)C(=O)O. The first kappa shape index (κ1) is 14.4. The molecule has 0 saturated carbocycles. The Morgan fingerprint density at radius 3 is 2.68 bits per heavy atom. The minimum atomic E-state index is -1.05. The number of carboxylic acid groups (broad SMARTS) is 1. The molecule has 0 spiro atoms. The highest BCUT2D eigenvalue weighted by Crippen LogP contribution is 2.26. The van der Waals surface area contributed by atoms with E-state index in [1.807, 2.05) is 30.3 Å². The van der Waals surface area contributed by atoms with Gasteiger partial charge in [-0.2, -0.15) is 4.73 Å². The smallest absolute Gasteiger partial charge is 0.347 e. The van der Waals surface area contributed by atoms with Gasteiger partial charge in [-0.25, -0.2) is 9.78 Å². The predicted octanol–water partition coefficient (Wildman–Crippen LogP) is 3.26. The number of nitrogens with zero attached hydrogens (tertiary/aromatic N) is 2. The second-order valence-electron chi connectivity index (χ2n) is 4.81. The number of carbonyl (C=O) groups is 1. The van der Waals surface area contributed by atoms with Crippen LogP contribution in [0.2, 0.25) is 5.02 Å². The first-order valence-electron chi connectivity index (χ1n) is 6.69. The third kappa shape index (κ3) is 2.63. The van der Waals surface area contributed by atoms with Gasteiger partial charge in [0.25, 0.3) is 0 Å². The van der Waals surface area contributed by atoms with E-state index in [9.17, 15) is 4.79 Å². The van der Waals surface area contributed by atoms with Crippen LogP contribution in [-0.2, 0) is 4.79 Å². The Morgan fingerprint density at radius 1 is 1.27 bits per heavy atom. The maximum atomic E-state index is 11.1. The van der Waals surface area contributed by atoms with Crippen molar-refractivity contribution in [2.24, 2.45) is 0 Å². The third-order valence-electron chi connectivity index (χ3n) is 3.22. The number of aromatic nitrogens is 2. The largest absolute Gasteiger partial charge is 0.478 e. The summed E-state index contributed by atoms with van der Waals surface area (Å²) >= 11 is 6.03. The molecule has 1 atom stereocenters. The summed E-state index contributed by atoms with van der Waals surface area (Å²) in [5.74, 6) is -0.520. The van der Waals surface area contributed by atoms with E-state index in [0.29, 0.717) is 21.9 Å². The Bertz CT molecular complexity index is 830. The van der Waals surface area contributed by atoms with E-state index in [1.54, 1.807) is 18.2 Å². The van der Waals surface area contributed by atoms with E-state index < -0.39 is 12.1 Å². The molecular weight excluding hydrogens is 304 g/mol. The molecule has 0 bridgehead atoms. The van der Waals surface area contributed by atoms with E-state index in [2.05, 4.69) is 4.98 Å². The summed E-state index contributed by atoms with van der Waals surface area (Å²) in [6, 6.07) is 14.6. The lowest BCUT2D eigenvalue weighted by Gasteiger charge is -2.14. The molecule has 0 radical (unpaired) electrons. The second kappa shape index (κ2) is 5.69. The number of benzene rings is 2. The van der Waals surface area contributed by atoms with E-state index in [-0.39, 0.29) is 0 Å². The van der Waals surface area contributed by atoms with Gasteiger partial charge in [0.05, 0.1) is 5.52 Å². The van der Waals surface area contributed by atoms with Gasteiger partial charge in [0, 0.05) is 10.6 Å². The number of imidazole rings is 1. The topological polar surface area (TPSA) is 64.4 Å². The average Bonchev–Trinajstić information content (AvgIpc) is 2.86. The zero-order chi connectivity index (χ0) is 15.7. The molecule has 0 aliphatic heterocycles. The van der Waals surface area contributed by atoms with E-state index >= 15 is 0 Å². The molecule has 1 aromatic heterocycles. The molecule has 0 aliphatic carbocycles. The minimum Gasteiger partial charge on any atom is -0.478 e. The highest BCUT2D eigenvalue weighted by atomic mass is 35.5. The zero-order valence-electron chi connectivity index (χ0n) is 11.7. The van der Waals surface area contributed by atoms with Crippen molar-refractivity contribution >= 4 is 28.6 Å². The summed E-state index contributed by atoms with van der Waals surface area (Å²) in [7, 11) is 0. The van der Waals surface area contributed by atoms with Crippen LogP contribution < -0.4 is 4.84 Å². The van der Waals surface area contributed by atoms with Crippen LogP contribution in [0.25, 0.3) is 22.4 Å². The quantitative estimate of drug-likeness (QED) is 0.802. The summed E-state index contributed by atoms with van der Waals surface area (Å²) in [6.07, 6.45) is -1.01. The summed E-state index contributed by atoms with van der Waals surface area (Å²) in [5, 5.41) is 9.61. The lowest BCUT2D eigenvalue weighted by molar-refractivity contribution is -0.148. The van der Waals surface area contributed by atoms with Gasteiger partial charge in [0.15, 0.2) is 5.82 Å². The van der Waals surface area contributed by atoms with Crippen LogP contribution in [0.5, 0.6) is 0 Å². The molecule has 112 valence electrons. The Balaban J connectivity index is 2.20. The number of rotatable bonds is 4. The molecule has 3 aromatic rings. The van der Waals surface area contributed by atoms with Gasteiger partial charge >= 0.3 is 5.97 Å². The Hall–Kier alpha value is -2.53. The Kier molecular flexibility index (Phi) is 3.73. The van der Waals surface area contributed by atoms with Crippen molar-refractivity contribution in [3.8, 4) is 11.4 Å². The lowest BCUT2D eigenvalue weighted by Crippen LogP contribution is -2.30. The normalized spacial score (nSPS) is 12.3. The van der Waals surface area contributed by atoms with Crippen LogP contribution in [0, 0.1) is 0 Å². The summed E-state index contributed by atoms with van der Waals surface area (Å²) < 4.78 is 1.43. The number of hydrogen-bond acceptors (Lipinski definition) is 3. The summed E-state index contributed by atoms with van der Waals surface area (Å²) in [5.41, 5.74) is 2.13. The van der Waals surface area contributed by atoms with Gasteiger partial charge in [-0.05, 0) is 25.1 Å². The summed E-state index contributed by atoms with van der Waals surface area (Å²) in [4.78, 5) is 21.2. The molecule has 2 aromatic carbocycles. The Morgan fingerprint density at radius 2 is 2.00 bits per heavy atom. The molecule has 0 saturated heterocycles. The lowest BCUT2D eigenvalue weighted by atomic mass is 10.2. The van der Waals surface area contributed by atoms with Gasteiger partial charge in [-0.15, -0.1) is 0 Å². The van der Waals surface area contributed by atoms with E-state index in [0.717, 1.165) is 5.56 Å². The fourth-order valence-corrected chi connectivity index (χ4v) is 2.27. The third-order valence-corrected chi connectivity index (χ3v) is 3.45. The fraction of sp³-hybridized carbons (Fsp3) is 0.125. The second-order valence-corrected chi connectivity index (χ2v) is 5.25. The van der Waals surface area contributed by atoms with Gasteiger partial charge < -0.3 is 9.94 Å². The monoisotopic (exact) mass is 316 g/mol. The number of aliphatic carboxylic acids is 1. The van der Waals surface area contributed by atoms with Crippen molar-refractivity contribution in [3.63, 3.8) is 0 Å². The average molecular weight is 317 g/mol. The number of halogens is 1. The molecule has 5 nitrogen and oxygen atoms in total. The number of carboxylic acids is 1. The van der Waals surface area contributed by atoms with Crippen molar-refractivity contribution < 1.29 is 14.7 Å². The molecular formula is C16H13ClN2O3. The molecule has 0 fully saturated rings. The van der Waals surface area contributed by atoms with Crippen LogP contribution in [-0.4, -0.2) is 26.9 Å². The van der Waals surface area contributed by atoms with Crippen LogP contribution in [0.4, 0.5) is 0 Å². The van der Waals surface area contributed by atoms with E-state index in [1.165, 1.54) is 11.7 Å². The maximum absolute atomic E-state index is 11.1. The molecule has 3 rings (SSSR count). The zero-order valence-corrected chi connectivity index (χ0v) is 12.5. The van der Waals surface area contributed by atoms with Gasteiger partial charge in [0.1, 0.15) is 5.52 Å². The minimum absolute atomic E-state index is 0.528. The van der Waals surface area contributed by atoms with Crippen LogP contribution in [0.15, 0.2) is 48.5 Å². The van der Waals surface area contributed by atoms with Crippen molar-refractivity contribution in [2.45, 2.75) is 13.0 Å². The highest BCUT2D eigenvalue weighted by Gasteiger charge is 2.19. The van der Waals surface area contributed by atoms with Crippen LogP contribution in [0.3, 0.4) is 0 Å². The van der Waals surface area contributed by atoms with Gasteiger partial charge in [0.2, 0.25) is 6.10 Å². The molecule has 0 amide bonds. The van der Waals surface area contributed by atoms with E-state index in [4.69, 9.17) is 21.5 Å². The number of fused-ring (bicyclic) bond motifs is 1. The standard InChI is InChI=1S/C16H13ClN2O3/c1-10(16(20)21)22-19-14-9-12(17)7-8-13(14)18-15(19)11-5-3-2-4-6-11/h2-10H,1H3,(H,20,21)/t10-/m1/s1. The van der Waals surface area contributed by atoms with Crippen molar-refractivity contribution in [1.29, 1.82) is 0 Å². The molecule has 22 heavy (non-hydrogen) atoms. The molecule has 1 N–H and O–H groups in total. The van der Waals surface area contributed by atoms with Crippen LogP contribution >= 0.6 is 11.6 Å². The maximum Gasteiger partial charge on any atom is 0.347 e. The van der Waals surface area contributed by atoms with Crippen LogP contribution in [0.1, 0.15) is 6.92 Å². The molecule has 0 unspecified atom stereocenters. The fourth-order valence-electron chi connectivity index (χ4n) is 2.11. The van der Waals surface area contributed by atoms with Gasteiger partial charge in [-0.1, -0.05) is 41.9 Å². The Labute approximate surface area is 131 Å². The first-order chi connectivity index (χ1) is 10.6. The van der Waals surface area contributed by atoms with Gasteiger partial charge in [-0.3, -0.25) is 0 Å².